The molecule has 0 unspecified atom stereocenters. The predicted octanol–water partition coefficient (Wildman–Crippen LogP) is 4.18. The number of fused-ring (bicyclic) bond motifs is 1. The number of halogens is 1. The van der Waals surface area contributed by atoms with Crippen molar-refractivity contribution in [2.45, 2.75) is 51.2 Å². The van der Waals surface area contributed by atoms with Crippen LogP contribution >= 0.6 is 11.6 Å². The van der Waals surface area contributed by atoms with E-state index >= 15 is 0 Å². The second-order valence-corrected chi connectivity index (χ2v) is 8.86. The van der Waals surface area contributed by atoms with Crippen molar-refractivity contribution in [2.24, 2.45) is 0 Å². The van der Waals surface area contributed by atoms with Crippen molar-refractivity contribution < 1.29 is 14.3 Å². The Morgan fingerprint density at radius 3 is 2.61 bits per heavy atom. The van der Waals surface area contributed by atoms with Crippen molar-refractivity contribution in [3.05, 3.63) is 59.4 Å². The van der Waals surface area contributed by atoms with Gasteiger partial charge in [-0.05, 0) is 49.2 Å². The maximum atomic E-state index is 13.1. The van der Waals surface area contributed by atoms with E-state index in [1.807, 2.05) is 40.8 Å². The molecule has 0 saturated heterocycles. The third-order valence-electron chi connectivity index (χ3n) is 6.17. The van der Waals surface area contributed by atoms with Crippen molar-refractivity contribution in [3.8, 4) is 5.75 Å². The van der Waals surface area contributed by atoms with Gasteiger partial charge in [-0.25, -0.2) is 4.98 Å². The Morgan fingerprint density at radius 2 is 1.85 bits per heavy atom. The number of carbonyl (C=O) groups excluding carboxylic acids is 2. The third kappa shape index (κ3) is 5.85. The molecule has 0 atom stereocenters. The molecule has 7 nitrogen and oxygen atoms in total. The van der Waals surface area contributed by atoms with E-state index in [9.17, 15) is 9.59 Å². The van der Waals surface area contributed by atoms with Gasteiger partial charge >= 0.3 is 0 Å². The van der Waals surface area contributed by atoms with E-state index in [-0.39, 0.29) is 31.5 Å². The van der Waals surface area contributed by atoms with Crippen LogP contribution in [0.2, 0.25) is 5.02 Å². The molecule has 1 fully saturated rings. The molecule has 1 N–H and O–H groups in total. The summed E-state index contributed by atoms with van der Waals surface area (Å²) in [6, 6.07) is 14.8. The first kappa shape index (κ1) is 23.1. The van der Waals surface area contributed by atoms with Crippen LogP contribution in [0.4, 0.5) is 0 Å². The molecule has 0 spiro atoms. The second kappa shape index (κ2) is 10.7. The Morgan fingerprint density at radius 1 is 1.12 bits per heavy atom. The normalized spacial score (nSPS) is 14.2. The Bertz CT molecular complexity index is 1110. The predicted molar refractivity (Wildman–Crippen MR) is 128 cm³/mol. The maximum Gasteiger partial charge on any atom is 0.258 e. The van der Waals surface area contributed by atoms with Gasteiger partial charge in [-0.15, -0.1) is 0 Å². The monoisotopic (exact) mass is 468 g/mol. The average Bonchev–Trinajstić information content (AvgIpc) is 3.19. The van der Waals surface area contributed by atoms with E-state index < -0.39 is 0 Å². The number of rotatable bonds is 8. The SMILES string of the molecule is CN(C(=O)Cn1c(CNC(=O)COc2ccc(Cl)cc2)nc2ccccc21)C1CCCCC1. The molecule has 0 radical (unpaired) electrons. The summed E-state index contributed by atoms with van der Waals surface area (Å²) in [5.74, 6) is 0.998. The number of aromatic nitrogens is 2. The van der Waals surface area contributed by atoms with E-state index in [1.54, 1.807) is 24.3 Å². The highest BCUT2D eigenvalue weighted by Crippen LogP contribution is 2.23. The van der Waals surface area contributed by atoms with Crippen LogP contribution in [0.3, 0.4) is 0 Å². The van der Waals surface area contributed by atoms with Crippen molar-refractivity contribution in [1.29, 1.82) is 0 Å². The molecule has 3 aromatic rings. The highest BCUT2D eigenvalue weighted by molar-refractivity contribution is 6.30. The lowest BCUT2D eigenvalue weighted by atomic mass is 9.94. The number of hydrogen-bond donors (Lipinski definition) is 1. The molecule has 4 rings (SSSR count). The Labute approximate surface area is 198 Å². The zero-order chi connectivity index (χ0) is 23.2. The van der Waals surface area contributed by atoms with Crippen LogP contribution < -0.4 is 10.1 Å². The Hall–Kier alpha value is -3.06. The van der Waals surface area contributed by atoms with Gasteiger partial charge in [0, 0.05) is 18.1 Å². The summed E-state index contributed by atoms with van der Waals surface area (Å²) >= 11 is 5.87. The third-order valence-corrected chi connectivity index (χ3v) is 6.42. The lowest BCUT2D eigenvalue weighted by Crippen LogP contribution is -2.40. The minimum atomic E-state index is -0.269. The number of nitrogens with one attached hydrogen (secondary N) is 1. The smallest absolute Gasteiger partial charge is 0.258 e. The van der Waals surface area contributed by atoms with Gasteiger partial charge in [-0.2, -0.15) is 0 Å². The molecule has 0 bridgehead atoms. The first-order valence-electron chi connectivity index (χ1n) is 11.4. The Kier molecular flexibility index (Phi) is 7.50. The summed E-state index contributed by atoms with van der Waals surface area (Å²) in [5.41, 5.74) is 1.68. The van der Waals surface area contributed by atoms with Gasteiger partial charge in [0.2, 0.25) is 5.91 Å². The molecule has 0 aliphatic heterocycles. The minimum absolute atomic E-state index is 0.0590. The molecule has 2 aromatic carbocycles. The van der Waals surface area contributed by atoms with Gasteiger partial charge in [0.1, 0.15) is 18.1 Å². The largest absolute Gasteiger partial charge is 0.484 e. The molecule has 1 aliphatic carbocycles. The Balaban J connectivity index is 1.41. The van der Waals surface area contributed by atoms with Gasteiger partial charge in [-0.1, -0.05) is 43.0 Å². The number of likely N-dealkylation sites (N-methyl/N-ethyl adjacent to an activating group) is 1. The van der Waals surface area contributed by atoms with E-state index in [4.69, 9.17) is 16.3 Å². The maximum absolute atomic E-state index is 13.1. The molecule has 2 amide bonds. The van der Waals surface area contributed by atoms with Crippen LogP contribution in [0.1, 0.15) is 37.9 Å². The van der Waals surface area contributed by atoms with Crippen LogP contribution in [-0.4, -0.2) is 46.0 Å². The van der Waals surface area contributed by atoms with E-state index in [2.05, 4.69) is 10.3 Å². The number of amides is 2. The number of nitrogens with zero attached hydrogens (tertiary/aromatic N) is 3. The van der Waals surface area contributed by atoms with Gasteiger partial charge in [0.05, 0.1) is 17.6 Å². The lowest BCUT2D eigenvalue weighted by Gasteiger charge is -2.31. The fourth-order valence-corrected chi connectivity index (χ4v) is 4.39. The summed E-state index contributed by atoms with van der Waals surface area (Å²) < 4.78 is 7.41. The fraction of sp³-hybridized carbons (Fsp3) is 0.400. The topological polar surface area (TPSA) is 76.5 Å². The molecule has 1 aromatic heterocycles. The second-order valence-electron chi connectivity index (χ2n) is 8.42. The number of hydrogen-bond acceptors (Lipinski definition) is 4. The van der Waals surface area contributed by atoms with Gasteiger partial charge in [0.25, 0.3) is 5.91 Å². The van der Waals surface area contributed by atoms with Crippen LogP contribution in [0.25, 0.3) is 11.0 Å². The van der Waals surface area contributed by atoms with E-state index in [1.165, 1.54) is 19.3 Å². The number of imidazole rings is 1. The number of benzene rings is 2. The fourth-order valence-electron chi connectivity index (χ4n) is 4.26. The summed E-state index contributed by atoms with van der Waals surface area (Å²) in [4.78, 5) is 32.0. The van der Waals surface area contributed by atoms with Gasteiger partial charge in [0.15, 0.2) is 6.61 Å². The zero-order valence-corrected chi connectivity index (χ0v) is 19.6. The van der Waals surface area contributed by atoms with Crippen molar-refractivity contribution in [1.82, 2.24) is 19.8 Å². The van der Waals surface area contributed by atoms with Crippen molar-refractivity contribution in [3.63, 3.8) is 0 Å². The number of para-hydroxylation sites is 2. The van der Waals surface area contributed by atoms with E-state index in [0.717, 1.165) is 23.9 Å². The first-order valence-corrected chi connectivity index (χ1v) is 11.7. The lowest BCUT2D eigenvalue weighted by molar-refractivity contribution is -0.133. The molecule has 1 heterocycles. The molecule has 33 heavy (non-hydrogen) atoms. The van der Waals surface area contributed by atoms with Crippen LogP contribution in [0.5, 0.6) is 5.75 Å². The highest BCUT2D eigenvalue weighted by Gasteiger charge is 2.23. The first-order chi connectivity index (χ1) is 16.0. The van der Waals surface area contributed by atoms with Gasteiger partial charge in [-0.3, -0.25) is 9.59 Å². The minimum Gasteiger partial charge on any atom is -0.484 e. The standard InChI is InChI=1S/C25H29ClN4O3/c1-29(19-7-3-2-4-8-19)25(32)16-30-22-10-6-5-9-21(22)28-23(30)15-27-24(31)17-33-20-13-11-18(26)12-14-20/h5-6,9-14,19H,2-4,7-8,15-17H2,1H3,(H,27,31). The van der Waals surface area contributed by atoms with Crippen LogP contribution in [-0.2, 0) is 22.7 Å². The van der Waals surface area contributed by atoms with Crippen molar-refractivity contribution >= 4 is 34.4 Å². The van der Waals surface area contributed by atoms with Crippen LogP contribution in [0.15, 0.2) is 48.5 Å². The summed E-state index contributed by atoms with van der Waals surface area (Å²) in [6.45, 7) is 0.281. The summed E-state index contributed by atoms with van der Waals surface area (Å²) in [6.07, 6.45) is 5.71. The van der Waals surface area contributed by atoms with Crippen LogP contribution in [0, 0.1) is 0 Å². The molecule has 1 saturated carbocycles. The molecular formula is C25H29ClN4O3. The zero-order valence-electron chi connectivity index (χ0n) is 18.8. The highest BCUT2D eigenvalue weighted by atomic mass is 35.5. The molecule has 1 aliphatic rings. The number of carbonyl (C=O) groups is 2. The molecule has 174 valence electrons. The average molecular weight is 469 g/mol. The molecule has 8 heteroatoms. The van der Waals surface area contributed by atoms with Crippen molar-refractivity contribution in [2.75, 3.05) is 13.7 Å². The van der Waals surface area contributed by atoms with E-state index in [0.29, 0.717) is 22.6 Å². The number of ether oxygens (including phenoxy) is 1. The summed E-state index contributed by atoms with van der Waals surface area (Å²) in [7, 11) is 1.90. The van der Waals surface area contributed by atoms with Gasteiger partial charge < -0.3 is 19.5 Å². The summed E-state index contributed by atoms with van der Waals surface area (Å²) in [5, 5.41) is 3.46. The molecular weight excluding hydrogens is 440 g/mol. The quantitative estimate of drug-likeness (QED) is 0.538.